The average Bonchev–Trinajstić information content (AvgIpc) is 3.14. The molecule has 3 atom stereocenters. The Labute approximate surface area is 311 Å². The summed E-state index contributed by atoms with van der Waals surface area (Å²) in [6.07, 6.45) is 17.3. The number of benzene rings is 3. The number of aryl methyl sites for hydroxylation is 4. The maximum Gasteiger partial charge on any atom is 0.208 e. The number of rotatable bonds is 12. The monoisotopic (exact) mass is 696 g/mol. The molecular formula is C47H56N2O3. The SMILES string of the molecule is CCCCC(CC)C[N+](=C1C=CC(=C2C(=O)C(c3ccc(N(c4ccc(C)cc4C)C4CCCCC4OC)cc3)=C2[O-])C=C1)c1ccc(C)cc1C. The third-order valence-electron chi connectivity index (χ3n) is 11.4. The van der Waals surface area contributed by atoms with Crippen LogP contribution in [-0.2, 0) is 9.53 Å². The Morgan fingerprint density at radius 1 is 0.846 bits per heavy atom. The number of anilines is 2. The summed E-state index contributed by atoms with van der Waals surface area (Å²) in [7, 11) is 1.82. The summed E-state index contributed by atoms with van der Waals surface area (Å²) in [4.78, 5) is 16.1. The highest BCUT2D eigenvalue weighted by atomic mass is 16.5. The zero-order valence-corrected chi connectivity index (χ0v) is 32.3. The van der Waals surface area contributed by atoms with Crippen LogP contribution in [-0.4, -0.2) is 41.9 Å². The molecule has 0 bridgehead atoms. The normalized spacial score (nSPS) is 19.3. The molecule has 0 heterocycles. The number of methoxy groups -OCH3 is 1. The minimum atomic E-state index is -0.180. The number of hydrogen-bond donors (Lipinski definition) is 0. The van der Waals surface area contributed by atoms with Crippen molar-refractivity contribution >= 4 is 34.1 Å². The van der Waals surface area contributed by atoms with Gasteiger partial charge in [-0.1, -0.05) is 86.7 Å². The van der Waals surface area contributed by atoms with Gasteiger partial charge in [-0.2, -0.15) is 4.58 Å². The molecule has 5 heteroatoms. The van der Waals surface area contributed by atoms with Crippen LogP contribution in [0.3, 0.4) is 0 Å². The number of hydrogen-bond acceptors (Lipinski definition) is 4. The van der Waals surface area contributed by atoms with Gasteiger partial charge in [0.25, 0.3) is 0 Å². The van der Waals surface area contributed by atoms with Gasteiger partial charge in [0.15, 0.2) is 12.3 Å². The maximum atomic E-state index is 13.7. The predicted molar refractivity (Wildman–Crippen MR) is 214 cm³/mol. The van der Waals surface area contributed by atoms with Crippen LogP contribution >= 0.6 is 0 Å². The molecule has 5 nitrogen and oxygen atoms in total. The van der Waals surface area contributed by atoms with Crippen molar-refractivity contribution in [3.05, 3.63) is 130 Å². The number of unbranched alkanes of at least 4 members (excludes halogenated alkanes) is 1. The van der Waals surface area contributed by atoms with E-state index in [-0.39, 0.29) is 34.8 Å². The summed E-state index contributed by atoms with van der Waals surface area (Å²) in [6, 6.07) is 21.4. The molecule has 0 spiro atoms. The third-order valence-corrected chi connectivity index (χ3v) is 11.4. The Kier molecular flexibility index (Phi) is 11.8. The topological polar surface area (TPSA) is 55.6 Å². The molecule has 272 valence electrons. The number of carbonyl (C=O) groups is 1. The molecule has 0 radical (unpaired) electrons. The molecule has 3 aliphatic carbocycles. The quantitative estimate of drug-likeness (QED) is 0.140. The highest BCUT2D eigenvalue weighted by Crippen LogP contribution is 2.41. The number of carbonyl (C=O) groups excluding carboxylic acids is 1. The van der Waals surface area contributed by atoms with Crippen molar-refractivity contribution in [1.82, 2.24) is 0 Å². The molecule has 6 rings (SSSR count). The molecule has 3 aliphatic rings. The molecule has 3 aromatic rings. The number of ether oxygens (including phenoxy) is 1. The molecule has 1 saturated carbocycles. The lowest BCUT2D eigenvalue weighted by molar-refractivity contribution is -0.449. The Morgan fingerprint density at radius 3 is 2.13 bits per heavy atom. The zero-order valence-electron chi connectivity index (χ0n) is 32.3. The number of ketones is 1. The van der Waals surface area contributed by atoms with Gasteiger partial charge in [-0.05, 0) is 106 Å². The van der Waals surface area contributed by atoms with Crippen LogP contribution in [0.2, 0.25) is 0 Å². The van der Waals surface area contributed by atoms with Crippen LogP contribution in [0.4, 0.5) is 17.1 Å². The average molecular weight is 697 g/mol. The minimum absolute atomic E-state index is 0.129. The number of Topliss-reactive ketones (excluding diaryl/α,β-unsaturated/α-hetero) is 1. The van der Waals surface area contributed by atoms with Crippen molar-refractivity contribution in [2.45, 2.75) is 105 Å². The second-order valence-corrected chi connectivity index (χ2v) is 15.1. The molecule has 0 amide bonds. The van der Waals surface area contributed by atoms with Crippen molar-refractivity contribution in [2.75, 3.05) is 18.6 Å². The standard InChI is InChI=1S/C47H56N2O3/c1-8-10-13-35(9-2)30-48(40-26-16-31(3)28-33(40)5)38-22-18-36(19-23-38)44-46(50)45(47(44)51)37-20-24-39(25-21-37)49(41-27-17-32(4)29-34(41)6)42-14-11-12-15-43(42)52-7/h16-29,35,42-43H,8-15,30H2,1-7H3. The summed E-state index contributed by atoms with van der Waals surface area (Å²) < 4.78 is 8.43. The largest absolute Gasteiger partial charge is 0.871 e. The Balaban J connectivity index is 1.30. The zero-order chi connectivity index (χ0) is 36.9. The van der Waals surface area contributed by atoms with Gasteiger partial charge in [0.1, 0.15) is 0 Å². The van der Waals surface area contributed by atoms with E-state index in [0.29, 0.717) is 17.1 Å². The van der Waals surface area contributed by atoms with Crippen LogP contribution in [0.15, 0.2) is 102 Å². The van der Waals surface area contributed by atoms with Gasteiger partial charge in [-0.25, -0.2) is 0 Å². The summed E-state index contributed by atoms with van der Waals surface area (Å²) in [5.74, 6) is 0.214. The van der Waals surface area contributed by atoms with Crippen molar-refractivity contribution in [3.8, 4) is 0 Å². The van der Waals surface area contributed by atoms with Crippen LogP contribution in [0.1, 0.15) is 93.0 Å². The van der Waals surface area contributed by atoms with Crippen LogP contribution in [0.25, 0.3) is 5.57 Å². The molecule has 0 aliphatic heterocycles. The van der Waals surface area contributed by atoms with E-state index in [1.165, 1.54) is 53.6 Å². The van der Waals surface area contributed by atoms with E-state index >= 15 is 0 Å². The van der Waals surface area contributed by atoms with Crippen LogP contribution < -0.4 is 10.0 Å². The molecule has 52 heavy (non-hydrogen) atoms. The maximum absolute atomic E-state index is 13.7. The minimum Gasteiger partial charge on any atom is -0.871 e. The fourth-order valence-electron chi connectivity index (χ4n) is 8.37. The highest BCUT2D eigenvalue weighted by molar-refractivity contribution is 6.39. The molecule has 0 saturated heterocycles. The Hall–Kier alpha value is -4.48. The molecule has 3 aromatic carbocycles. The fourth-order valence-corrected chi connectivity index (χ4v) is 8.37. The molecule has 1 fully saturated rings. The first-order valence-corrected chi connectivity index (χ1v) is 19.4. The van der Waals surface area contributed by atoms with E-state index in [2.05, 4.69) is 112 Å². The fraction of sp³-hybridized carbons (Fsp3) is 0.404. The van der Waals surface area contributed by atoms with Crippen molar-refractivity contribution in [1.29, 1.82) is 0 Å². The van der Waals surface area contributed by atoms with Gasteiger partial charge in [0, 0.05) is 59.3 Å². The summed E-state index contributed by atoms with van der Waals surface area (Å²) in [5, 5.41) is 13.7. The van der Waals surface area contributed by atoms with E-state index in [1.54, 1.807) is 0 Å². The van der Waals surface area contributed by atoms with Gasteiger partial charge in [-0.3, -0.25) is 4.79 Å². The molecule has 0 N–H and O–H groups in total. The van der Waals surface area contributed by atoms with E-state index in [1.807, 2.05) is 31.4 Å². The van der Waals surface area contributed by atoms with Gasteiger partial charge in [0.2, 0.25) is 11.4 Å². The predicted octanol–water partition coefficient (Wildman–Crippen LogP) is 10.1. The van der Waals surface area contributed by atoms with Crippen molar-refractivity contribution in [3.63, 3.8) is 0 Å². The van der Waals surface area contributed by atoms with Gasteiger partial charge in [-0.15, -0.1) is 0 Å². The van der Waals surface area contributed by atoms with E-state index in [4.69, 9.17) is 4.74 Å². The van der Waals surface area contributed by atoms with E-state index < -0.39 is 0 Å². The lowest BCUT2D eigenvalue weighted by Crippen LogP contribution is -2.44. The second kappa shape index (κ2) is 16.5. The smallest absolute Gasteiger partial charge is 0.208 e. The molecule has 3 unspecified atom stereocenters. The van der Waals surface area contributed by atoms with Gasteiger partial charge in [0.05, 0.1) is 12.1 Å². The Bertz CT molecular complexity index is 1940. The lowest BCUT2D eigenvalue weighted by Gasteiger charge is -2.41. The van der Waals surface area contributed by atoms with Crippen LogP contribution in [0, 0.1) is 33.6 Å². The second-order valence-electron chi connectivity index (χ2n) is 15.1. The third kappa shape index (κ3) is 7.66. The lowest BCUT2D eigenvalue weighted by atomic mass is 9.80. The van der Waals surface area contributed by atoms with Crippen LogP contribution in [0.5, 0.6) is 0 Å². The first-order chi connectivity index (χ1) is 25.1. The first-order valence-electron chi connectivity index (χ1n) is 19.4. The summed E-state index contributed by atoms with van der Waals surface area (Å²) in [5.41, 5.74) is 11.3. The summed E-state index contributed by atoms with van der Waals surface area (Å²) in [6.45, 7) is 14.1. The highest BCUT2D eigenvalue weighted by Gasteiger charge is 2.34. The molecular weight excluding hydrogens is 641 g/mol. The van der Waals surface area contributed by atoms with Gasteiger partial charge >= 0.3 is 0 Å². The first kappa shape index (κ1) is 37.3. The Morgan fingerprint density at radius 2 is 1.52 bits per heavy atom. The van der Waals surface area contributed by atoms with E-state index in [9.17, 15) is 9.90 Å². The number of allylic oxidation sites excluding steroid dienone is 7. The number of nitrogens with zero attached hydrogens (tertiary/aromatic N) is 2. The van der Waals surface area contributed by atoms with Gasteiger partial charge < -0.3 is 14.7 Å². The molecule has 0 aromatic heterocycles. The van der Waals surface area contributed by atoms with Crippen molar-refractivity contribution < 1.29 is 19.2 Å². The van der Waals surface area contributed by atoms with E-state index in [0.717, 1.165) is 49.3 Å². The van der Waals surface area contributed by atoms with Crippen molar-refractivity contribution in [2.24, 2.45) is 5.92 Å². The summed E-state index contributed by atoms with van der Waals surface area (Å²) >= 11 is 0.